The van der Waals surface area contributed by atoms with Gasteiger partial charge in [0.25, 0.3) is 0 Å². The fraction of sp³-hybridized carbons (Fsp3) is 0.350. The molecule has 1 amide bonds. The number of carbonyl (C=O) groups is 1. The van der Waals surface area contributed by atoms with Gasteiger partial charge in [0.05, 0.1) is 18.8 Å². The van der Waals surface area contributed by atoms with Crippen molar-refractivity contribution < 1.29 is 14.3 Å². The van der Waals surface area contributed by atoms with Crippen LogP contribution in [0.25, 0.3) is 0 Å². The summed E-state index contributed by atoms with van der Waals surface area (Å²) in [6, 6.07) is 17.5. The summed E-state index contributed by atoms with van der Waals surface area (Å²) in [5.74, 6) is 0.584. The third-order valence-corrected chi connectivity index (χ3v) is 3.56. The van der Waals surface area contributed by atoms with Crippen LogP contribution in [0.5, 0.6) is 5.75 Å². The van der Waals surface area contributed by atoms with Crippen LogP contribution in [-0.2, 0) is 16.1 Å². The molecule has 5 nitrogen and oxygen atoms in total. The highest BCUT2D eigenvalue weighted by Gasteiger charge is 2.10. The summed E-state index contributed by atoms with van der Waals surface area (Å²) >= 11 is 0. The van der Waals surface area contributed by atoms with Gasteiger partial charge in [0.1, 0.15) is 12.4 Å². The van der Waals surface area contributed by atoms with E-state index in [0.717, 1.165) is 6.54 Å². The SMILES string of the molecule is CCOCCOc1ccccc1NC(=O)CN(C)Cc1ccccc1. The van der Waals surface area contributed by atoms with E-state index in [-0.39, 0.29) is 5.91 Å². The molecule has 0 heterocycles. The molecule has 2 aromatic rings. The third-order valence-electron chi connectivity index (χ3n) is 3.56. The summed E-state index contributed by atoms with van der Waals surface area (Å²) in [6.45, 7) is 4.62. The zero-order valence-corrected chi connectivity index (χ0v) is 14.9. The fourth-order valence-electron chi connectivity index (χ4n) is 2.44. The minimum Gasteiger partial charge on any atom is -0.489 e. The van der Waals surface area contributed by atoms with Gasteiger partial charge in [-0.15, -0.1) is 0 Å². The number of nitrogens with one attached hydrogen (secondary N) is 1. The molecule has 0 saturated carbocycles. The number of amides is 1. The van der Waals surface area contributed by atoms with Crippen LogP contribution < -0.4 is 10.1 Å². The molecular weight excluding hydrogens is 316 g/mol. The molecule has 0 aliphatic rings. The van der Waals surface area contributed by atoms with Crippen molar-refractivity contribution in [2.24, 2.45) is 0 Å². The quantitative estimate of drug-likeness (QED) is 0.674. The molecule has 134 valence electrons. The van der Waals surface area contributed by atoms with Crippen LogP contribution in [0.2, 0.25) is 0 Å². The van der Waals surface area contributed by atoms with Gasteiger partial charge in [-0.2, -0.15) is 0 Å². The molecule has 5 heteroatoms. The zero-order chi connectivity index (χ0) is 17.9. The van der Waals surface area contributed by atoms with E-state index in [0.29, 0.717) is 37.8 Å². The van der Waals surface area contributed by atoms with Gasteiger partial charge in [-0.05, 0) is 31.7 Å². The number of para-hydroxylation sites is 2. The number of nitrogens with zero attached hydrogens (tertiary/aromatic N) is 1. The van der Waals surface area contributed by atoms with Crippen molar-refractivity contribution in [2.45, 2.75) is 13.5 Å². The summed E-state index contributed by atoms with van der Waals surface area (Å²) in [5.41, 5.74) is 1.86. The number of rotatable bonds is 10. The third kappa shape index (κ3) is 6.95. The Balaban J connectivity index is 1.85. The van der Waals surface area contributed by atoms with Gasteiger partial charge in [0, 0.05) is 13.2 Å². The molecular formula is C20H26N2O3. The highest BCUT2D eigenvalue weighted by Crippen LogP contribution is 2.23. The topological polar surface area (TPSA) is 50.8 Å². The molecule has 1 N–H and O–H groups in total. The molecule has 2 rings (SSSR count). The average molecular weight is 342 g/mol. The maximum Gasteiger partial charge on any atom is 0.238 e. The highest BCUT2D eigenvalue weighted by atomic mass is 16.5. The summed E-state index contributed by atoms with van der Waals surface area (Å²) in [6.07, 6.45) is 0. The van der Waals surface area contributed by atoms with Crippen molar-refractivity contribution in [3.63, 3.8) is 0 Å². The first kappa shape index (κ1) is 19.0. The van der Waals surface area contributed by atoms with E-state index in [4.69, 9.17) is 9.47 Å². The Bertz CT molecular complexity index is 646. The molecule has 0 unspecified atom stereocenters. The van der Waals surface area contributed by atoms with Gasteiger partial charge in [0.2, 0.25) is 5.91 Å². The number of ether oxygens (including phenoxy) is 2. The van der Waals surface area contributed by atoms with Crippen LogP contribution >= 0.6 is 0 Å². The van der Waals surface area contributed by atoms with E-state index in [1.165, 1.54) is 5.56 Å². The van der Waals surface area contributed by atoms with E-state index in [1.54, 1.807) is 0 Å². The Labute approximate surface area is 149 Å². The van der Waals surface area contributed by atoms with E-state index in [2.05, 4.69) is 17.4 Å². The minimum absolute atomic E-state index is 0.0701. The van der Waals surface area contributed by atoms with Crippen LogP contribution in [0.4, 0.5) is 5.69 Å². The maximum absolute atomic E-state index is 12.3. The Hall–Kier alpha value is -2.37. The zero-order valence-electron chi connectivity index (χ0n) is 14.9. The van der Waals surface area contributed by atoms with E-state index in [1.807, 2.05) is 61.3 Å². The lowest BCUT2D eigenvalue weighted by Gasteiger charge is -2.17. The standard InChI is InChI=1S/C20H26N2O3/c1-3-24-13-14-25-19-12-8-7-11-18(19)21-20(23)16-22(2)15-17-9-5-4-6-10-17/h4-12H,3,13-16H2,1-2H3,(H,21,23). The molecule has 0 spiro atoms. The largest absolute Gasteiger partial charge is 0.489 e. The Kier molecular flexibility index (Phi) is 7.95. The van der Waals surface area contributed by atoms with E-state index < -0.39 is 0 Å². The molecule has 0 atom stereocenters. The second kappa shape index (κ2) is 10.5. The lowest BCUT2D eigenvalue weighted by atomic mass is 10.2. The second-order valence-corrected chi connectivity index (χ2v) is 5.75. The van der Waals surface area contributed by atoms with Crippen molar-refractivity contribution in [3.05, 3.63) is 60.2 Å². The van der Waals surface area contributed by atoms with Crippen molar-refractivity contribution >= 4 is 11.6 Å². The van der Waals surface area contributed by atoms with E-state index in [9.17, 15) is 4.79 Å². The molecule has 0 aliphatic heterocycles. The van der Waals surface area contributed by atoms with Gasteiger partial charge in [0.15, 0.2) is 0 Å². The Morgan fingerprint density at radius 3 is 2.52 bits per heavy atom. The number of hydrogen-bond acceptors (Lipinski definition) is 4. The molecule has 0 saturated heterocycles. The van der Waals surface area contributed by atoms with Crippen LogP contribution in [0.15, 0.2) is 54.6 Å². The first-order valence-electron chi connectivity index (χ1n) is 8.51. The van der Waals surface area contributed by atoms with Crippen molar-refractivity contribution in [3.8, 4) is 5.75 Å². The minimum atomic E-state index is -0.0701. The smallest absolute Gasteiger partial charge is 0.238 e. The van der Waals surface area contributed by atoms with Crippen molar-refractivity contribution in [2.75, 3.05) is 38.7 Å². The summed E-state index contributed by atoms with van der Waals surface area (Å²) < 4.78 is 11.0. The summed E-state index contributed by atoms with van der Waals surface area (Å²) in [7, 11) is 1.93. The molecule has 2 aromatic carbocycles. The summed E-state index contributed by atoms with van der Waals surface area (Å²) in [5, 5.41) is 2.92. The van der Waals surface area contributed by atoms with Crippen LogP contribution in [0, 0.1) is 0 Å². The highest BCUT2D eigenvalue weighted by molar-refractivity contribution is 5.93. The van der Waals surface area contributed by atoms with Gasteiger partial charge in [-0.3, -0.25) is 9.69 Å². The van der Waals surface area contributed by atoms with Gasteiger partial charge >= 0.3 is 0 Å². The number of carbonyl (C=O) groups excluding carboxylic acids is 1. The normalized spacial score (nSPS) is 10.7. The van der Waals surface area contributed by atoms with Crippen molar-refractivity contribution in [1.82, 2.24) is 4.90 Å². The Morgan fingerprint density at radius 1 is 1.04 bits per heavy atom. The first-order valence-corrected chi connectivity index (χ1v) is 8.51. The van der Waals surface area contributed by atoms with Gasteiger partial charge in [-0.1, -0.05) is 42.5 Å². The van der Waals surface area contributed by atoms with Crippen LogP contribution in [-0.4, -0.2) is 44.2 Å². The van der Waals surface area contributed by atoms with Crippen LogP contribution in [0.1, 0.15) is 12.5 Å². The van der Waals surface area contributed by atoms with Gasteiger partial charge in [-0.25, -0.2) is 0 Å². The molecule has 0 radical (unpaired) electrons. The Morgan fingerprint density at radius 2 is 1.76 bits per heavy atom. The molecule has 0 aromatic heterocycles. The average Bonchev–Trinajstić information content (AvgIpc) is 2.60. The molecule has 0 bridgehead atoms. The molecule has 0 fully saturated rings. The maximum atomic E-state index is 12.3. The monoisotopic (exact) mass is 342 g/mol. The predicted octanol–water partition coefficient (Wildman–Crippen LogP) is 3.17. The molecule has 0 aliphatic carbocycles. The number of hydrogen-bond donors (Lipinski definition) is 1. The van der Waals surface area contributed by atoms with Crippen molar-refractivity contribution in [1.29, 1.82) is 0 Å². The lowest BCUT2D eigenvalue weighted by molar-refractivity contribution is -0.117. The fourth-order valence-corrected chi connectivity index (χ4v) is 2.44. The van der Waals surface area contributed by atoms with Crippen LogP contribution in [0.3, 0.4) is 0 Å². The first-order chi connectivity index (χ1) is 12.2. The van der Waals surface area contributed by atoms with Gasteiger partial charge < -0.3 is 14.8 Å². The number of anilines is 1. The second-order valence-electron chi connectivity index (χ2n) is 5.75. The summed E-state index contributed by atoms with van der Waals surface area (Å²) in [4.78, 5) is 14.3. The lowest BCUT2D eigenvalue weighted by Crippen LogP contribution is -2.30. The predicted molar refractivity (Wildman–Crippen MR) is 99.8 cm³/mol. The molecule has 25 heavy (non-hydrogen) atoms. The van der Waals surface area contributed by atoms with E-state index >= 15 is 0 Å². The number of benzene rings is 2. The number of likely N-dealkylation sites (N-methyl/N-ethyl adjacent to an activating group) is 1.